The Morgan fingerprint density at radius 1 is 1.57 bits per heavy atom. The number of amides is 1. The minimum Gasteiger partial charge on any atom is -0.465 e. The van der Waals surface area contributed by atoms with Crippen LogP contribution in [0.1, 0.15) is 55.0 Å². The fourth-order valence-electron chi connectivity index (χ4n) is 2.85. The van der Waals surface area contributed by atoms with E-state index in [4.69, 9.17) is 9.52 Å². The van der Waals surface area contributed by atoms with E-state index in [2.05, 4.69) is 17.1 Å². The summed E-state index contributed by atoms with van der Waals surface area (Å²) < 4.78 is 5.65. The number of carbonyl (C=O) groups excluding carboxylic acids is 1. The number of aliphatic hydroxyl groups excluding tert-OH is 1. The molecule has 21 heavy (non-hydrogen) atoms. The van der Waals surface area contributed by atoms with E-state index >= 15 is 0 Å². The standard InChI is InChI=1S/C16H26N2O3/c1-11(2)14-9-13(12(3)21-14)15(20)17-16(4)5-6-18(10-16)7-8-19/h9,11,19H,5-8,10H2,1-4H3,(H,17,20). The van der Waals surface area contributed by atoms with Crippen LogP contribution in [0.5, 0.6) is 0 Å². The minimum atomic E-state index is -0.242. The number of furan rings is 1. The topological polar surface area (TPSA) is 65.7 Å². The van der Waals surface area contributed by atoms with Gasteiger partial charge in [0.25, 0.3) is 5.91 Å². The van der Waals surface area contributed by atoms with Crippen molar-refractivity contribution in [2.45, 2.75) is 45.6 Å². The molecule has 2 heterocycles. The summed E-state index contributed by atoms with van der Waals surface area (Å²) in [5.74, 6) is 1.71. The Labute approximate surface area is 126 Å². The molecule has 2 rings (SSSR count). The highest BCUT2D eigenvalue weighted by atomic mass is 16.3. The van der Waals surface area contributed by atoms with E-state index in [1.807, 2.05) is 26.8 Å². The van der Waals surface area contributed by atoms with Gasteiger partial charge in [-0.2, -0.15) is 0 Å². The fraction of sp³-hybridized carbons (Fsp3) is 0.688. The van der Waals surface area contributed by atoms with Crippen LogP contribution in [-0.4, -0.2) is 47.7 Å². The number of hydrogen-bond acceptors (Lipinski definition) is 4. The summed E-state index contributed by atoms with van der Waals surface area (Å²) in [6.07, 6.45) is 0.896. The molecule has 1 aliphatic rings. The van der Waals surface area contributed by atoms with Gasteiger partial charge in [0, 0.05) is 25.6 Å². The highest BCUT2D eigenvalue weighted by Crippen LogP contribution is 2.24. The summed E-state index contributed by atoms with van der Waals surface area (Å²) in [5, 5.41) is 12.1. The first-order valence-electron chi connectivity index (χ1n) is 7.61. The lowest BCUT2D eigenvalue weighted by atomic mass is 10.0. The predicted octanol–water partition coefficient (Wildman–Crippen LogP) is 1.90. The number of hydrogen-bond donors (Lipinski definition) is 2. The molecule has 1 saturated heterocycles. The molecule has 1 fully saturated rings. The van der Waals surface area contributed by atoms with Crippen molar-refractivity contribution in [3.8, 4) is 0 Å². The smallest absolute Gasteiger partial charge is 0.255 e. The molecule has 1 aromatic rings. The molecule has 0 saturated carbocycles. The van der Waals surface area contributed by atoms with Gasteiger partial charge in [-0.1, -0.05) is 13.8 Å². The van der Waals surface area contributed by atoms with Gasteiger partial charge in [-0.15, -0.1) is 0 Å². The van der Waals surface area contributed by atoms with Gasteiger partial charge in [0.1, 0.15) is 11.5 Å². The number of β-amino-alcohol motifs (C(OH)–C–C–N with tert-alkyl or cyclic N) is 1. The molecule has 1 aromatic heterocycles. The van der Waals surface area contributed by atoms with Crippen LogP contribution in [0.15, 0.2) is 10.5 Å². The Morgan fingerprint density at radius 3 is 2.86 bits per heavy atom. The maximum Gasteiger partial charge on any atom is 0.255 e. The molecule has 118 valence electrons. The summed E-state index contributed by atoms with van der Waals surface area (Å²) in [7, 11) is 0. The molecule has 0 aliphatic carbocycles. The van der Waals surface area contributed by atoms with Crippen molar-refractivity contribution in [3.63, 3.8) is 0 Å². The normalized spacial score (nSPS) is 23.0. The van der Waals surface area contributed by atoms with E-state index in [1.165, 1.54) is 0 Å². The van der Waals surface area contributed by atoms with Crippen LogP contribution in [0.25, 0.3) is 0 Å². The van der Waals surface area contributed by atoms with Crippen molar-refractivity contribution in [2.24, 2.45) is 0 Å². The molecule has 1 unspecified atom stereocenters. The highest BCUT2D eigenvalue weighted by molar-refractivity contribution is 5.95. The number of aryl methyl sites for hydroxylation is 1. The van der Waals surface area contributed by atoms with Crippen molar-refractivity contribution in [1.29, 1.82) is 0 Å². The molecule has 1 aliphatic heterocycles. The van der Waals surface area contributed by atoms with E-state index in [-0.39, 0.29) is 24.0 Å². The van der Waals surface area contributed by atoms with Crippen LogP contribution in [0.2, 0.25) is 0 Å². The molecule has 5 heteroatoms. The number of rotatable bonds is 5. The first-order chi connectivity index (χ1) is 9.84. The van der Waals surface area contributed by atoms with Crippen molar-refractivity contribution in [3.05, 3.63) is 23.2 Å². The van der Waals surface area contributed by atoms with E-state index in [0.29, 0.717) is 17.9 Å². The first kappa shape index (κ1) is 16.0. The quantitative estimate of drug-likeness (QED) is 0.870. The van der Waals surface area contributed by atoms with Gasteiger partial charge in [0.05, 0.1) is 17.7 Å². The van der Waals surface area contributed by atoms with Crippen LogP contribution < -0.4 is 5.32 Å². The van der Waals surface area contributed by atoms with E-state index in [0.717, 1.165) is 25.3 Å². The van der Waals surface area contributed by atoms with Crippen molar-refractivity contribution >= 4 is 5.91 Å². The lowest BCUT2D eigenvalue weighted by molar-refractivity contribution is 0.0905. The third-order valence-electron chi connectivity index (χ3n) is 4.13. The van der Waals surface area contributed by atoms with E-state index < -0.39 is 0 Å². The molecule has 1 atom stereocenters. The second-order valence-electron chi connectivity index (χ2n) is 6.54. The molecule has 2 N–H and O–H groups in total. The monoisotopic (exact) mass is 294 g/mol. The molecule has 1 amide bonds. The third kappa shape index (κ3) is 3.66. The van der Waals surface area contributed by atoms with E-state index in [9.17, 15) is 4.79 Å². The molecule has 0 radical (unpaired) electrons. The lowest BCUT2D eigenvalue weighted by Gasteiger charge is -2.26. The van der Waals surface area contributed by atoms with Gasteiger partial charge >= 0.3 is 0 Å². The summed E-state index contributed by atoms with van der Waals surface area (Å²) in [6, 6.07) is 1.85. The minimum absolute atomic E-state index is 0.0727. The summed E-state index contributed by atoms with van der Waals surface area (Å²) >= 11 is 0. The molecule has 5 nitrogen and oxygen atoms in total. The molecular formula is C16H26N2O3. The predicted molar refractivity (Wildman–Crippen MR) is 81.5 cm³/mol. The van der Waals surface area contributed by atoms with Crippen molar-refractivity contribution in [1.82, 2.24) is 10.2 Å². The summed E-state index contributed by atoms with van der Waals surface area (Å²) in [5.41, 5.74) is 0.383. The number of aliphatic hydroxyl groups is 1. The van der Waals surface area contributed by atoms with Gasteiger partial charge in [0.2, 0.25) is 0 Å². The zero-order valence-electron chi connectivity index (χ0n) is 13.4. The number of carbonyl (C=O) groups is 1. The van der Waals surface area contributed by atoms with Gasteiger partial charge in [-0.25, -0.2) is 0 Å². The van der Waals surface area contributed by atoms with Crippen molar-refractivity contribution in [2.75, 3.05) is 26.2 Å². The Hall–Kier alpha value is -1.33. The number of nitrogens with zero attached hydrogens (tertiary/aromatic N) is 1. The highest BCUT2D eigenvalue weighted by Gasteiger charge is 2.35. The third-order valence-corrected chi connectivity index (χ3v) is 4.13. The van der Waals surface area contributed by atoms with Gasteiger partial charge in [-0.05, 0) is 26.3 Å². The number of nitrogens with one attached hydrogen (secondary N) is 1. The average Bonchev–Trinajstić information content (AvgIpc) is 2.94. The van der Waals surface area contributed by atoms with E-state index in [1.54, 1.807) is 0 Å². The van der Waals surface area contributed by atoms with Crippen LogP contribution in [0, 0.1) is 6.92 Å². The Kier molecular flexibility index (Phi) is 4.74. The largest absolute Gasteiger partial charge is 0.465 e. The second kappa shape index (κ2) is 6.20. The Morgan fingerprint density at radius 2 is 2.29 bits per heavy atom. The summed E-state index contributed by atoms with van der Waals surface area (Å²) in [4.78, 5) is 14.7. The van der Waals surface area contributed by atoms with Crippen molar-refractivity contribution < 1.29 is 14.3 Å². The van der Waals surface area contributed by atoms with Crippen LogP contribution in [0.4, 0.5) is 0 Å². The van der Waals surface area contributed by atoms with Crippen LogP contribution >= 0.6 is 0 Å². The Bertz CT molecular complexity index is 510. The second-order valence-corrected chi connectivity index (χ2v) is 6.54. The zero-order chi connectivity index (χ0) is 15.6. The SMILES string of the molecule is Cc1oc(C(C)C)cc1C(=O)NC1(C)CCN(CCO)C1. The van der Waals surface area contributed by atoms with Crippen LogP contribution in [0.3, 0.4) is 0 Å². The zero-order valence-corrected chi connectivity index (χ0v) is 13.4. The molecule has 0 bridgehead atoms. The van der Waals surface area contributed by atoms with Gasteiger partial charge in [0.15, 0.2) is 0 Å². The molecule has 0 aromatic carbocycles. The van der Waals surface area contributed by atoms with Crippen LogP contribution in [-0.2, 0) is 0 Å². The molecular weight excluding hydrogens is 268 g/mol. The lowest BCUT2D eigenvalue weighted by Crippen LogP contribution is -2.48. The maximum absolute atomic E-state index is 12.5. The van der Waals surface area contributed by atoms with Gasteiger partial charge in [-0.3, -0.25) is 9.69 Å². The first-order valence-corrected chi connectivity index (χ1v) is 7.61. The average molecular weight is 294 g/mol. The number of likely N-dealkylation sites (tertiary alicyclic amines) is 1. The Balaban J connectivity index is 2.04. The fourth-order valence-corrected chi connectivity index (χ4v) is 2.85. The summed E-state index contributed by atoms with van der Waals surface area (Å²) in [6.45, 7) is 10.5. The maximum atomic E-state index is 12.5. The van der Waals surface area contributed by atoms with Gasteiger partial charge < -0.3 is 14.8 Å². The molecule has 0 spiro atoms.